The lowest BCUT2D eigenvalue weighted by Crippen LogP contribution is -3.13. The molecule has 9 heteroatoms. The van der Waals surface area contributed by atoms with Crippen molar-refractivity contribution in [2.24, 2.45) is 14.1 Å². The van der Waals surface area contributed by atoms with E-state index < -0.39 is 11.2 Å². The Labute approximate surface area is 167 Å². The maximum atomic E-state index is 12.8. The molecule has 0 radical (unpaired) electrons. The van der Waals surface area contributed by atoms with Gasteiger partial charge in [0.05, 0.1) is 32.5 Å². The number of aryl methyl sites for hydroxylation is 1. The summed E-state index contributed by atoms with van der Waals surface area (Å²) in [5.74, 6) is -0.0313. The average Bonchev–Trinajstić information content (AvgIpc) is 3.15. The molecule has 4 rings (SSSR count). The number of nitrogens with zero attached hydrogens (tertiary/aromatic N) is 5. The molecule has 1 saturated heterocycles. The maximum Gasteiger partial charge on any atom is 0.332 e. The van der Waals surface area contributed by atoms with Gasteiger partial charge in [0.2, 0.25) is 5.91 Å². The lowest BCUT2D eigenvalue weighted by molar-refractivity contribution is -0.917. The van der Waals surface area contributed by atoms with E-state index in [0.29, 0.717) is 18.7 Å². The summed E-state index contributed by atoms with van der Waals surface area (Å²) in [5, 5.41) is 0. The molecule has 0 bridgehead atoms. The molecule has 1 N–H and O–H groups in total. The third kappa shape index (κ3) is 3.61. The molecule has 0 spiro atoms. The first-order valence-electron chi connectivity index (χ1n) is 9.72. The third-order valence-corrected chi connectivity index (χ3v) is 5.63. The number of aromatic nitrogens is 4. The minimum Gasteiger partial charge on any atom is -0.330 e. The minimum absolute atomic E-state index is 0.0313. The highest BCUT2D eigenvalue weighted by Gasteiger charge is 2.25. The highest BCUT2D eigenvalue weighted by molar-refractivity contribution is 5.78. The van der Waals surface area contributed by atoms with Crippen LogP contribution in [0.25, 0.3) is 11.2 Å². The Bertz CT molecular complexity index is 1150. The lowest BCUT2D eigenvalue weighted by atomic mass is 10.2. The van der Waals surface area contributed by atoms with Crippen LogP contribution in [0.3, 0.4) is 0 Å². The van der Waals surface area contributed by atoms with Crippen LogP contribution < -0.4 is 16.1 Å². The summed E-state index contributed by atoms with van der Waals surface area (Å²) < 4.78 is 3.97. The molecule has 152 valence electrons. The van der Waals surface area contributed by atoms with Crippen LogP contribution in [0.1, 0.15) is 5.56 Å². The van der Waals surface area contributed by atoms with Crippen molar-refractivity contribution < 1.29 is 9.69 Å². The van der Waals surface area contributed by atoms with Crippen molar-refractivity contribution in [3.8, 4) is 0 Å². The lowest BCUT2D eigenvalue weighted by Gasteiger charge is -2.32. The number of benzene rings is 1. The zero-order chi connectivity index (χ0) is 20.5. The Morgan fingerprint density at radius 1 is 1.07 bits per heavy atom. The van der Waals surface area contributed by atoms with Crippen LogP contribution >= 0.6 is 0 Å². The summed E-state index contributed by atoms with van der Waals surface area (Å²) in [4.78, 5) is 44.7. The van der Waals surface area contributed by atoms with Crippen LogP contribution in [-0.4, -0.2) is 55.7 Å². The highest BCUT2D eigenvalue weighted by atomic mass is 16.2. The molecule has 3 heterocycles. The summed E-state index contributed by atoms with van der Waals surface area (Å²) in [6, 6.07) is 10.4. The smallest absolute Gasteiger partial charge is 0.330 e. The van der Waals surface area contributed by atoms with Crippen molar-refractivity contribution in [2.45, 2.75) is 13.1 Å². The number of amides is 1. The number of fused-ring (bicyclic) bond motifs is 1. The second-order valence-corrected chi connectivity index (χ2v) is 7.54. The molecule has 1 amide bonds. The first kappa shape index (κ1) is 19.1. The van der Waals surface area contributed by atoms with Crippen LogP contribution in [0.5, 0.6) is 0 Å². The predicted molar refractivity (Wildman–Crippen MR) is 108 cm³/mol. The van der Waals surface area contributed by atoms with Gasteiger partial charge in [-0.15, -0.1) is 0 Å². The zero-order valence-electron chi connectivity index (χ0n) is 16.7. The Morgan fingerprint density at radius 2 is 1.76 bits per heavy atom. The normalized spacial score (nSPS) is 15.2. The van der Waals surface area contributed by atoms with Crippen molar-refractivity contribution in [3.05, 3.63) is 63.1 Å². The van der Waals surface area contributed by atoms with Crippen molar-refractivity contribution in [3.63, 3.8) is 0 Å². The standard InChI is InChI=1S/C20H24N6O3/c1-22-18-17(19(28)23(2)20(22)29)21-14-26(18)13-16(27)25-10-8-24(9-11-25)12-15-6-4-3-5-7-15/h3-7,14H,8-13H2,1-2H3/p+1. The quantitative estimate of drug-likeness (QED) is 0.572. The molecular formula is C20H25N6O3+. The van der Waals surface area contributed by atoms with Crippen molar-refractivity contribution in [2.75, 3.05) is 26.2 Å². The fourth-order valence-corrected chi connectivity index (χ4v) is 3.93. The van der Waals surface area contributed by atoms with E-state index in [4.69, 9.17) is 0 Å². The van der Waals surface area contributed by atoms with Crippen LogP contribution in [0.2, 0.25) is 0 Å². The van der Waals surface area contributed by atoms with E-state index in [1.54, 1.807) is 11.6 Å². The summed E-state index contributed by atoms with van der Waals surface area (Å²) in [5.41, 5.74) is 0.983. The topological polar surface area (TPSA) is 86.6 Å². The van der Waals surface area contributed by atoms with Gasteiger partial charge in [-0.25, -0.2) is 9.78 Å². The number of carbonyl (C=O) groups is 1. The molecule has 0 unspecified atom stereocenters. The van der Waals surface area contributed by atoms with E-state index in [0.717, 1.165) is 24.2 Å². The average molecular weight is 397 g/mol. The van der Waals surface area contributed by atoms with Crippen LogP contribution in [0, 0.1) is 0 Å². The van der Waals surface area contributed by atoms with Gasteiger partial charge >= 0.3 is 5.69 Å². The molecule has 9 nitrogen and oxygen atoms in total. The van der Waals surface area contributed by atoms with Crippen molar-refractivity contribution >= 4 is 17.1 Å². The van der Waals surface area contributed by atoms with Gasteiger partial charge in [0.15, 0.2) is 5.52 Å². The van der Waals surface area contributed by atoms with Gasteiger partial charge in [-0.2, -0.15) is 0 Å². The SMILES string of the molecule is Cn1c(=O)c2ncn(CC(=O)N3CC[NH+](Cc4ccccc4)CC3)c2n(C)c1=O. The van der Waals surface area contributed by atoms with Gasteiger partial charge in [-0.1, -0.05) is 30.3 Å². The number of rotatable bonds is 4. The molecule has 2 aromatic heterocycles. The molecular weight excluding hydrogens is 372 g/mol. The third-order valence-electron chi connectivity index (χ3n) is 5.63. The van der Waals surface area contributed by atoms with Gasteiger partial charge in [0, 0.05) is 19.7 Å². The van der Waals surface area contributed by atoms with Crippen LogP contribution in [0.15, 0.2) is 46.2 Å². The van der Waals surface area contributed by atoms with Gasteiger partial charge < -0.3 is 14.4 Å². The van der Waals surface area contributed by atoms with E-state index in [-0.39, 0.29) is 18.0 Å². The number of hydrogen-bond donors (Lipinski definition) is 1. The molecule has 1 fully saturated rings. The van der Waals surface area contributed by atoms with Crippen molar-refractivity contribution in [1.82, 2.24) is 23.6 Å². The number of quaternary nitrogens is 1. The fourth-order valence-electron chi connectivity index (χ4n) is 3.93. The number of piperazine rings is 1. The fraction of sp³-hybridized carbons (Fsp3) is 0.400. The Morgan fingerprint density at radius 3 is 2.45 bits per heavy atom. The second kappa shape index (κ2) is 7.67. The molecule has 0 saturated carbocycles. The van der Waals surface area contributed by atoms with Crippen LogP contribution in [-0.2, 0) is 32.0 Å². The number of nitrogens with one attached hydrogen (secondary N) is 1. The first-order valence-corrected chi connectivity index (χ1v) is 9.72. The second-order valence-electron chi connectivity index (χ2n) is 7.54. The highest BCUT2D eigenvalue weighted by Crippen LogP contribution is 2.07. The summed E-state index contributed by atoms with van der Waals surface area (Å²) >= 11 is 0. The molecule has 0 atom stereocenters. The van der Waals surface area contributed by atoms with Crippen LogP contribution in [0.4, 0.5) is 0 Å². The maximum absolute atomic E-state index is 12.8. The van der Waals surface area contributed by atoms with E-state index in [9.17, 15) is 14.4 Å². The molecule has 0 aliphatic carbocycles. The summed E-state index contributed by atoms with van der Waals surface area (Å²) in [6.45, 7) is 4.18. The largest absolute Gasteiger partial charge is 0.332 e. The molecule has 1 aliphatic heterocycles. The number of carbonyl (C=O) groups excluding carboxylic acids is 1. The van der Waals surface area contributed by atoms with Gasteiger partial charge in [0.1, 0.15) is 18.7 Å². The Hall–Kier alpha value is -3.20. The van der Waals surface area contributed by atoms with E-state index in [1.807, 2.05) is 23.1 Å². The molecule has 1 aliphatic rings. The zero-order valence-corrected chi connectivity index (χ0v) is 16.7. The minimum atomic E-state index is -0.451. The molecule has 29 heavy (non-hydrogen) atoms. The van der Waals surface area contributed by atoms with Gasteiger partial charge in [0.25, 0.3) is 5.56 Å². The Kier molecular flexibility index (Phi) is 5.06. The Balaban J connectivity index is 1.44. The van der Waals surface area contributed by atoms with E-state index in [2.05, 4.69) is 17.1 Å². The predicted octanol–water partition coefficient (Wildman–Crippen LogP) is -1.64. The van der Waals surface area contributed by atoms with Gasteiger partial charge in [-0.3, -0.25) is 18.7 Å². The summed E-state index contributed by atoms with van der Waals surface area (Å²) in [7, 11) is 3.00. The molecule has 1 aromatic carbocycles. The van der Waals surface area contributed by atoms with Gasteiger partial charge in [-0.05, 0) is 0 Å². The van der Waals surface area contributed by atoms with E-state index in [1.165, 1.54) is 28.4 Å². The number of hydrogen-bond acceptors (Lipinski definition) is 4. The van der Waals surface area contributed by atoms with E-state index >= 15 is 0 Å². The first-order chi connectivity index (χ1) is 14.0. The summed E-state index contributed by atoms with van der Waals surface area (Å²) in [6.07, 6.45) is 1.46. The number of imidazole rings is 1. The van der Waals surface area contributed by atoms with Crippen molar-refractivity contribution in [1.29, 1.82) is 0 Å². The monoisotopic (exact) mass is 397 g/mol. The molecule has 3 aromatic rings.